The summed E-state index contributed by atoms with van der Waals surface area (Å²) in [6.45, 7) is 3.82. The molecule has 1 unspecified atom stereocenters. The van der Waals surface area contributed by atoms with Crippen LogP contribution in [0.3, 0.4) is 0 Å². The molecule has 1 saturated heterocycles. The number of carbonyl (C=O) groups is 1. The molecule has 4 aromatic rings. The van der Waals surface area contributed by atoms with Crippen molar-refractivity contribution in [3.8, 4) is 10.6 Å². The highest BCUT2D eigenvalue weighted by Crippen LogP contribution is 2.31. The van der Waals surface area contributed by atoms with Crippen LogP contribution >= 0.6 is 11.3 Å². The molecule has 2 N–H and O–H groups in total. The Balaban J connectivity index is 1.36. The summed E-state index contributed by atoms with van der Waals surface area (Å²) in [6, 6.07) is 5.70. The van der Waals surface area contributed by atoms with Crippen molar-refractivity contribution >= 4 is 34.2 Å². The summed E-state index contributed by atoms with van der Waals surface area (Å²) in [5, 5.41) is 10.3. The van der Waals surface area contributed by atoms with Gasteiger partial charge in [-0.15, -0.1) is 16.4 Å². The number of thiophene rings is 1. The summed E-state index contributed by atoms with van der Waals surface area (Å²) in [5.41, 5.74) is 9.99. The smallest absolute Gasteiger partial charge is 0.222 e. The molecule has 0 spiro atoms. The van der Waals surface area contributed by atoms with Gasteiger partial charge in [0, 0.05) is 23.7 Å². The molecule has 1 atom stereocenters. The number of nitrogen functional groups attached to an aromatic ring is 1. The molecule has 0 amide bonds. The molecule has 10 nitrogen and oxygen atoms in total. The van der Waals surface area contributed by atoms with E-state index in [1.54, 1.807) is 22.3 Å². The van der Waals surface area contributed by atoms with Crippen LogP contribution in [0.4, 0.5) is 5.95 Å². The van der Waals surface area contributed by atoms with Gasteiger partial charge in [0.1, 0.15) is 5.69 Å². The summed E-state index contributed by atoms with van der Waals surface area (Å²) >= 11 is 1.41. The number of aromatic nitrogens is 6. The van der Waals surface area contributed by atoms with Crippen molar-refractivity contribution in [3.63, 3.8) is 0 Å². The molecule has 0 bridgehead atoms. The first-order chi connectivity index (χ1) is 15.6. The average molecular weight is 452 g/mol. The maximum absolute atomic E-state index is 11.7. The number of nitrogens with zero attached hydrogens (tertiary/aromatic N) is 6. The highest BCUT2D eigenvalue weighted by atomic mass is 32.1. The molecule has 0 aromatic carbocycles. The molecular formula is C21H21N7O3S. The molecule has 164 valence electrons. The molecule has 0 aliphatic carbocycles. The minimum absolute atomic E-state index is 0.00840. The predicted octanol–water partition coefficient (Wildman–Crippen LogP) is 2.48. The van der Waals surface area contributed by atoms with Crippen molar-refractivity contribution in [1.82, 2.24) is 29.9 Å². The van der Waals surface area contributed by atoms with E-state index in [0.29, 0.717) is 42.2 Å². The minimum atomic E-state index is -0.00840. The summed E-state index contributed by atoms with van der Waals surface area (Å²) < 4.78 is 12.8. The van der Waals surface area contributed by atoms with Gasteiger partial charge in [-0.3, -0.25) is 9.78 Å². The fourth-order valence-corrected chi connectivity index (χ4v) is 4.38. The van der Waals surface area contributed by atoms with Crippen molar-refractivity contribution < 1.29 is 14.3 Å². The zero-order chi connectivity index (χ0) is 22.1. The number of nitrogens with two attached hydrogens (primary N) is 1. The summed E-state index contributed by atoms with van der Waals surface area (Å²) in [7, 11) is 0. The van der Waals surface area contributed by atoms with Crippen molar-refractivity contribution in [2.24, 2.45) is 0 Å². The number of fused-ring (bicyclic) bond motifs is 1. The topological polar surface area (TPSA) is 131 Å². The van der Waals surface area contributed by atoms with Crippen LogP contribution in [-0.4, -0.2) is 55.0 Å². The normalized spacial score (nSPS) is 16.1. The van der Waals surface area contributed by atoms with Gasteiger partial charge in [0.2, 0.25) is 5.95 Å². The fourth-order valence-electron chi connectivity index (χ4n) is 3.44. The maximum Gasteiger partial charge on any atom is 0.222 e. The molecule has 5 rings (SSSR count). The van der Waals surface area contributed by atoms with Crippen LogP contribution in [0.2, 0.25) is 0 Å². The number of hydrogen-bond acceptors (Lipinski definition) is 10. The number of pyridine rings is 1. The summed E-state index contributed by atoms with van der Waals surface area (Å²) in [4.78, 5) is 25.6. The van der Waals surface area contributed by atoms with Crippen molar-refractivity contribution in [3.05, 3.63) is 46.6 Å². The van der Waals surface area contributed by atoms with E-state index < -0.39 is 0 Å². The van der Waals surface area contributed by atoms with Crippen LogP contribution in [0.1, 0.15) is 35.0 Å². The molecule has 1 fully saturated rings. The number of Topliss-reactive ketones (excluding diaryl/α,β-unsaturated/α-hetero) is 1. The third-order valence-electron chi connectivity index (χ3n) is 5.19. The molecule has 4 aromatic heterocycles. The maximum atomic E-state index is 11.7. The van der Waals surface area contributed by atoms with E-state index in [0.717, 1.165) is 29.2 Å². The van der Waals surface area contributed by atoms with Crippen LogP contribution in [0.25, 0.3) is 21.7 Å². The third-order valence-corrected chi connectivity index (χ3v) is 6.13. The lowest BCUT2D eigenvalue weighted by Gasteiger charge is -2.10. The van der Waals surface area contributed by atoms with Gasteiger partial charge >= 0.3 is 0 Å². The van der Waals surface area contributed by atoms with Crippen LogP contribution in [-0.2, 0) is 22.6 Å². The van der Waals surface area contributed by atoms with Gasteiger partial charge in [0.15, 0.2) is 16.9 Å². The molecule has 1 aliphatic rings. The largest absolute Gasteiger partial charge is 0.379 e. The van der Waals surface area contributed by atoms with Gasteiger partial charge in [-0.2, -0.15) is 4.98 Å². The number of ketones is 1. The Morgan fingerprint density at radius 1 is 1.38 bits per heavy atom. The van der Waals surface area contributed by atoms with Crippen molar-refractivity contribution in [1.29, 1.82) is 0 Å². The predicted molar refractivity (Wildman–Crippen MR) is 118 cm³/mol. The van der Waals surface area contributed by atoms with E-state index in [1.165, 1.54) is 18.3 Å². The van der Waals surface area contributed by atoms with Crippen LogP contribution in [0.15, 0.2) is 29.8 Å². The average Bonchev–Trinajstić information content (AvgIpc) is 3.54. The first kappa shape index (κ1) is 20.6. The minimum Gasteiger partial charge on any atom is -0.379 e. The Morgan fingerprint density at radius 3 is 3.00 bits per heavy atom. The quantitative estimate of drug-likeness (QED) is 0.421. The Labute approximate surface area is 187 Å². The van der Waals surface area contributed by atoms with Crippen LogP contribution in [0, 0.1) is 0 Å². The number of anilines is 1. The molecular weight excluding hydrogens is 430 g/mol. The lowest BCUT2D eigenvalue weighted by molar-refractivity contribution is 0.0316. The van der Waals surface area contributed by atoms with Gasteiger partial charge in [-0.25, -0.2) is 9.67 Å². The van der Waals surface area contributed by atoms with E-state index in [4.69, 9.17) is 15.2 Å². The number of hydrogen-bond donors (Lipinski definition) is 1. The van der Waals surface area contributed by atoms with E-state index in [9.17, 15) is 4.79 Å². The van der Waals surface area contributed by atoms with Gasteiger partial charge in [0.25, 0.3) is 0 Å². The molecule has 11 heteroatoms. The highest BCUT2D eigenvalue weighted by molar-refractivity contribution is 7.14. The van der Waals surface area contributed by atoms with Crippen LogP contribution < -0.4 is 5.73 Å². The molecule has 5 heterocycles. The zero-order valence-electron chi connectivity index (χ0n) is 17.4. The lowest BCUT2D eigenvalue weighted by Crippen LogP contribution is -2.12. The van der Waals surface area contributed by atoms with E-state index in [-0.39, 0.29) is 17.8 Å². The molecule has 32 heavy (non-hydrogen) atoms. The van der Waals surface area contributed by atoms with Gasteiger partial charge in [-0.05, 0) is 31.0 Å². The highest BCUT2D eigenvalue weighted by Gasteiger charge is 2.18. The Bertz CT molecular complexity index is 1260. The first-order valence-corrected chi connectivity index (χ1v) is 11.0. The second-order valence-electron chi connectivity index (χ2n) is 7.56. The summed E-state index contributed by atoms with van der Waals surface area (Å²) in [5.74, 6) is 0.107. The van der Waals surface area contributed by atoms with E-state index in [2.05, 4.69) is 25.3 Å². The molecule has 0 saturated carbocycles. The first-order valence-electron chi connectivity index (χ1n) is 10.2. The van der Waals surface area contributed by atoms with E-state index >= 15 is 0 Å². The second-order valence-corrected chi connectivity index (χ2v) is 8.47. The second kappa shape index (κ2) is 8.69. The number of carbonyl (C=O) groups excluding carboxylic acids is 1. The van der Waals surface area contributed by atoms with Gasteiger partial charge in [0.05, 0.1) is 36.4 Å². The molecule has 0 radical (unpaired) electrons. The SMILES string of the molecule is CC(=O)c1csc(-c2nc(N)nc3c2nnn3Cc2ccc(COC3CCOC3)cn2)c1. The zero-order valence-corrected chi connectivity index (χ0v) is 18.2. The van der Waals surface area contributed by atoms with Gasteiger partial charge < -0.3 is 15.2 Å². The van der Waals surface area contributed by atoms with Crippen molar-refractivity contribution in [2.45, 2.75) is 32.6 Å². The van der Waals surface area contributed by atoms with Crippen LogP contribution in [0.5, 0.6) is 0 Å². The Morgan fingerprint density at radius 2 is 2.28 bits per heavy atom. The standard InChI is InChI=1S/C21H21N7O3S/c1-12(29)14-6-17(32-11-14)18-19-20(25-21(22)24-18)28(27-26-19)8-15-3-2-13(7-23-15)9-31-16-4-5-30-10-16/h2-3,6-7,11,16H,4-5,8-10H2,1H3,(H2,22,24,25). The Kier molecular flexibility index (Phi) is 5.60. The summed E-state index contributed by atoms with van der Waals surface area (Å²) in [6.07, 6.45) is 2.89. The molecule has 1 aliphatic heterocycles. The van der Waals surface area contributed by atoms with Gasteiger partial charge in [-0.1, -0.05) is 11.3 Å². The van der Waals surface area contributed by atoms with Crippen molar-refractivity contribution in [2.75, 3.05) is 18.9 Å². The third kappa shape index (κ3) is 4.22. The lowest BCUT2D eigenvalue weighted by atomic mass is 10.2. The fraction of sp³-hybridized carbons (Fsp3) is 0.333. The number of rotatable bonds is 7. The monoisotopic (exact) mass is 451 g/mol. The number of ether oxygens (including phenoxy) is 2. The Hall–Kier alpha value is -3.28. The van der Waals surface area contributed by atoms with E-state index in [1.807, 2.05) is 12.1 Å².